The van der Waals surface area contributed by atoms with E-state index in [0.29, 0.717) is 6.42 Å². The summed E-state index contributed by atoms with van der Waals surface area (Å²) < 4.78 is 25.7. The van der Waals surface area contributed by atoms with Crippen molar-refractivity contribution in [1.29, 1.82) is 0 Å². The van der Waals surface area contributed by atoms with Crippen molar-refractivity contribution in [2.24, 2.45) is 5.92 Å². The average Bonchev–Trinajstić information content (AvgIpc) is 3.28. The van der Waals surface area contributed by atoms with Gasteiger partial charge in [-0.25, -0.2) is 13.2 Å². The maximum Gasteiger partial charge on any atom is 0.326 e. The maximum atomic E-state index is 13.8. The molecule has 1 fully saturated rings. The lowest BCUT2D eigenvalue weighted by molar-refractivity contribution is -0.148. The summed E-state index contributed by atoms with van der Waals surface area (Å²) in [5, 5.41) is 9.88. The van der Waals surface area contributed by atoms with Crippen molar-refractivity contribution in [3.8, 4) is 0 Å². The van der Waals surface area contributed by atoms with Crippen LogP contribution in [0.15, 0.2) is 91.0 Å². The monoisotopic (exact) mass is 491 g/mol. The molecule has 1 N–H and O–H groups in total. The molecule has 1 aliphatic rings. The Morgan fingerprint density at radius 1 is 0.857 bits per heavy atom. The quantitative estimate of drug-likeness (QED) is 0.492. The number of rotatable bonds is 9. The number of likely N-dealkylation sites (tertiary alicyclic amines) is 1. The number of sulfone groups is 1. The number of aliphatic carboxylic acids is 1. The molecule has 2 atom stereocenters. The first kappa shape index (κ1) is 24.7. The number of amides is 1. The fourth-order valence-electron chi connectivity index (χ4n) is 4.82. The molecule has 0 spiro atoms. The first-order valence-corrected chi connectivity index (χ1v) is 13.5. The van der Waals surface area contributed by atoms with Crippen molar-refractivity contribution >= 4 is 21.7 Å². The SMILES string of the molecule is O=C(O)[C@@H]1C[C@H](CS(=O)(=O)CCc2ccccc2)CN1C(=O)C(c1ccccc1)c1ccccc1. The Hall–Kier alpha value is -3.45. The van der Waals surface area contributed by atoms with Gasteiger partial charge in [-0.2, -0.15) is 0 Å². The molecule has 1 saturated heterocycles. The zero-order chi connectivity index (χ0) is 24.8. The van der Waals surface area contributed by atoms with Gasteiger partial charge in [-0.3, -0.25) is 4.79 Å². The van der Waals surface area contributed by atoms with Crippen LogP contribution in [0, 0.1) is 5.92 Å². The third-order valence-corrected chi connectivity index (χ3v) is 8.31. The first-order chi connectivity index (χ1) is 16.8. The Bertz CT molecular complexity index is 1210. The van der Waals surface area contributed by atoms with Gasteiger partial charge in [0.2, 0.25) is 5.91 Å². The van der Waals surface area contributed by atoms with Crippen LogP contribution >= 0.6 is 0 Å². The van der Waals surface area contributed by atoms with Gasteiger partial charge >= 0.3 is 5.97 Å². The second-order valence-electron chi connectivity index (χ2n) is 9.05. The van der Waals surface area contributed by atoms with E-state index in [-0.39, 0.29) is 30.4 Å². The normalized spacial score (nSPS) is 18.0. The minimum Gasteiger partial charge on any atom is -0.480 e. The Morgan fingerprint density at radius 3 is 1.89 bits per heavy atom. The molecular formula is C28H29NO5S. The van der Waals surface area contributed by atoms with Gasteiger partial charge < -0.3 is 10.0 Å². The third kappa shape index (κ3) is 6.17. The van der Waals surface area contributed by atoms with Crippen molar-refractivity contribution < 1.29 is 23.1 Å². The number of carbonyl (C=O) groups is 2. The molecule has 1 heterocycles. The second kappa shape index (κ2) is 10.9. The van der Waals surface area contributed by atoms with Gasteiger partial charge in [0.05, 0.1) is 17.4 Å². The molecule has 3 aromatic rings. The van der Waals surface area contributed by atoms with Crippen LogP contribution in [-0.4, -0.2) is 54.4 Å². The van der Waals surface area contributed by atoms with E-state index >= 15 is 0 Å². The topological polar surface area (TPSA) is 91.8 Å². The van der Waals surface area contributed by atoms with Crippen LogP contribution in [-0.2, 0) is 25.8 Å². The number of carbonyl (C=O) groups excluding carboxylic acids is 1. The van der Waals surface area contributed by atoms with Crippen LogP contribution in [0.2, 0.25) is 0 Å². The van der Waals surface area contributed by atoms with Crippen LogP contribution in [0.1, 0.15) is 29.0 Å². The second-order valence-corrected chi connectivity index (χ2v) is 11.3. The van der Waals surface area contributed by atoms with Crippen LogP contribution in [0.5, 0.6) is 0 Å². The standard InChI is InChI=1S/C28H29NO5S/c30-27(26(23-12-6-2-7-13-23)24-14-8-3-9-15-24)29-19-22(18-25(29)28(31)32)20-35(33,34)17-16-21-10-4-1-5-11-21/h1-15,22,25-26H,16-20H2,(H,31,32)/t22-,25-/m0/s1. The van der Waals surface area contributed by atoms with E-state index in [1.54, 1.807) is 0 Å². The Morgan fingerprint density at radius 2 is 1.37 bits per heavy atom. The molecule has 0 saturated carbocycles. The van der Waals surface area contributed by atoms with Crippen molar-refractivity contribution in [2.45, 2.75) is 24.8 Å². The van der Waals surface area contributed by atoms with E-state index in [4.69, 9.17) is 0 Å². The number of aryl methyl sites for hydroxylation is 1. The van der Waals surface area contributed by atoms with Gasteiger partial charge in [0.15, 0.2) is 9.84 Å². The lowest BCUT2D eigenvalue weighted by atomic mass is 9.90. The minimum atomic E-state index is -3.42. The average molecular weight is 492 g/mol. The minimum absolute atomic E-state index is 0.00411. The van der Waals surface area contributed by atoms with E-state index in [9.17, 15) is 23.1 Å². The smallest absolute Gasteiger partial charge is 0.326 e. The van der Waals surface area contributed by atoms with Gasteiger partial charge in [0, 0.05) is 6.54 Å². The molecule has 0 unspecified atom stereocenters. The van der Waals surface area contributed by atoms with Crippen molar-refractivity contribution in [1.82, 2.24) is 4.90 Å². The zero-order valence-corrected chi connectivity index (χ0v) is 20.2. The lowest BCUT2D eigenvalue weighted by Crippen LogP contribution is -2.43. The Balaban J connectivity index is 1.53. The lowest BCUT2D eigenvalue weighted by Gasteiger charge is -2.27. The fourth-order valence-corrected chi connectivity index (χ4v) is 6.49. The van der Waals surface area contributed by atoms with Crippen molar-refractivity contribution in [3.05, 3.63) is 108 Å². The third-order valence-electron chi connectivity index (χ3n) is 6.50. The molecular weight excluding hydrogens is 462 g/mol. The van der Waals surface area contributed by atoms with Crippen molar-refractivity contribution in [2.75, 3.05) is 18.1 Å². The van der Waals surface area contributed by atoms with Gasteiger partial charge in [0.25, 0.3) is 0 Å². The van der Waals surface area contributed by atoms with Crippen LogP contribution in [0.3, 0.4) is 0 Å². The molecule has 6 nitrogen and oxygen atoms in total. The molecule has 35 heavy (non-hydrogen) atoms. The summed E-state index contributed by atoms with van der Waals surface area (Å²) in [7, 11) is -3.42. The van der Waals surface area contributed by atoms with E-state index in [0.717, 1.165) is 16.7 Å². The highest BCUT2D eigenvalue weighted by atomic mass is 32.2. The number of carboxylic acids is 1. The van der Waals surface area contributed by atoms with E-state index in [1.807, 2.05) is 91.0 Å². The number of nitrogens with zero attached hydrogens (tertiary/aromatic N) is 1. The predicted octanol–water partition coefficient (Wildman–Crippen LogP) is 3.78. The zero-order valence-electron chi connectivity index (χ0n) is 19.4. The van der Waals surface area contributed by atoms with E-state index in [1.165, 1.54) is 4.90 Å². The molecule has 3 aromatic carbocycles. The highest BCUT2D eigenvalue weighted by Gasteiger charge is 2.43. The Labute approximate surface area is 206 Å². The maximum absolute atomic E-state index is 13.8. The molecule has 1 amide bonds. The fraction of sp³-hybridized carbons (Fsp3) is 0.286. The van der Waals surface area contributed by atoms with Crippen LogP contribution in [0.25, 0.3) is 0 Å². The number of benzene rings is 3. The summed E-state index contributed by atoms with van der Waals surface area (Å²) >= 11 is 0. The van der Waals surface area contributed by atoms with Crippen molar-refractivity contribution in [3.63, 3.8) is 0 Å². The summed E-state index contributed by atoms with van der Waals surface area (Å²) in [6.45, 7) is 0.108. The summed E-state index contributed by atoms with van der Waals surface area (Å²) in [6, 6.07) is 26.9. The summed E-state index contributed by atoms with van der Waals surface area (Å²) in [6.07, 6.45) is 0.535. The van der Waals surface area contributed by atoms with Gasteiger partial charge in [-0.05, 0) is 35.4 Å². The molecule has 1 aliphatic heterocycles. The van der Waals surface area contributed by atoms with Crippen LogP contribution in [0.4, 0.5) is 0 Å². The van der Waals surface area contributed by atoms with E-state index in [2.05, 4.69) is 0 Å². The highest BCUT2D eigenvalue weighted by Crippen LogP contribution is 2.33. The predicted molar refractivity (Wildman–Crippen MR) is 135 cm³/mol. The molecule has 0 aliphatic carbocycles. The van der Waals surface area contributed by atoms with Gasteiger partial charge in [0.1, 0.15) is 6.04 Å². The molecule has 0 bridgehead atoms. The highest BCUT2D eigenvalue weighted by molar-refractivity contribution is 7.91. The first-order valence-electron chi connectivity index (χ1n) is 11.7. The molecule has 4 rings (SSSR count). The molecule has 7 heteroatoms. The molecule has 0 radical (unpaired) electrons. The van der Waals surface area contributed by atoms with Crippen LogP contribution < -0.4 is 0 Å². The number of hydrogen-bond donors (Lipinski definition) is 1. The summed E-state index contributed by atoms with van der Waals surface area (Å²) in [5.41, 5.74) is 2.48. The van der Waals surface area contributed by atoms with Gasteiger partial charge in [-0.15, -0.1) is 0 Å². The largest absolute Gasteiger partial charge is 0.480 e. The molecule has 182 valence electrons. The number of hydrogen-bond acceptors (Lipinski definition) is 4. The van der Waals surface area contributed by atoms with Gasteiger partial charge in [-0.1, -0.05) is 91.0 Å². The molecule has 0 aromatic heterocycles. The number of carboxylic acid groups (broad SMARTS) is 1. The van der Waals surface area contributed by atoms with E-state index < -0.39 is 33.7 Å². The Kier molecular flexibility index (Phi) is 7.66. The summed E-state index contributed by atoms with van der Waals surface area (Å²) in [4.78, 5) is 27.3. The summed E-state index contributed by atoms with van der Waals surface area (Å²) in [5.74, 6) is -2.65.